The normalized spacial score (nSPS) is 20.8. The van der Waals surface area contributed by atoms with Gasteiger partial charge in [0.2, 0.25) is 0 Å². The third-order valence-electron chi connectivity index (χ3n) is 2.88. The molecule has 1 atom stereocenters. The van der Waals surface area contributed by atoms with Crippen LogP contribution in [0.25, 0.3) is 0 Å². The molecule has 2 rings (SSSR count). The Balaban J connectivity index is 2.39. The first-order chi connectivity index (χ1) is 7.74. The summed E-state index contributed by atoms with van der Waals surface area (Å²) in [7, 11) is 1.67. The highest BCUT2D eigenvalue weighted by Gasteiger charge is 2.22. The van der Waals surface area contributed by atoms with Crippen LogP contribution in [0.2, 0.25) is 5.02 Å². The summed E-state index contributed by atoms with van der Waals surface area (Å²) >= 11 is 6.13. The van der Waals surface area contributed by atoms with E-state index in [1.807, 2.05) is 19.1 Å². The Labute approximate surface area is 101 Å². The maximum atomic E-state index is 6.13. The summed E-state index contributed by atoms with van der Waals surface area (Å²) in [6, 6.07) is 3.75. The van der Waals surface area contributed by atoms with Crippen molar-refractivity contribution in [1.82, 2.24) is 5.32 Å². The number of halogens is 1. The minimum Gasteiger partial charge on any atom is -0.496 e. The zero-order chi connectivity index (χ0) is 11.5. The van der Waals surface area contributed by atoms with Gasteiger partial charge in [0.15, 0.2) is 0 Å². The highest BCUT2D eigenvalue weighted by atomic mass is 35.5. The van der Waals surface area contributed by atoms with Crippen LogP contribution < -0.4 is 10.1 Å². The van der Waals surface area contributed by atoms with Gasteiger partial charge in [-0.15, -0.1) is 0 Å². The van der Waals surface area contributed by atoms with Crippen LogP contribution in [0.15, 0.2) is 12.1 Å². The van der Waals surface area contributed by atoms with E-state index >= 15 is 0 Å². The van der Waals surface area contributed by atoms with Gasteiger partial charge in [-0.1, -0.05) is 11.6 Å². The number of ether oxygens (including phenoxy) is 2. The minimum atomic E-state index is 0.0300. The molecule has 0 saturated carbocycles. The van der Waals surface area contributed by atoms with Gasteiger partial charge < -0.3 is 14.8 Å². The highest BCUT2D eigenvalue weighted by molar-refractivity contribution is 6.31. The van der Waals surface area contributed by atoms with Gasteiger partial charge in [0.25, 0.3) is 0 Å². The molecule has 1 fully saturated rings. The summed E-state index contributed by atoms with van der Waals surface area (Å²) in [5.41, 5.74) is 2.09. The first kappa shape index (κ1) is 11.7. The summed E-state index contributed by atoms with van der Waals surface area (Å²) < 4.78 is 11.1. The molecule has 0 aliphatic carbocycles. The Morgan fingerprint density at radius 3 is 2.94 bits per heavy atom. The third kappa shape index (κ3) is 2.17. The second kappa shape index (κ2) is 5.04. The molecule has 3 nitrogen and oxygen atoms in total. The molecule has 1 aliphatic rings. The topological polar surface area (TPSA) is 30.5 Å². The molecule has 16 heavy (non-hydrogen) atoms. The van der Waals surface area contributed by atoms with Gasteiger partial charge in [0, 0.05) is 23.7 Å². The number of hydrogen-bond donors (Lipinski definition) is 1. The van der Waals surface area contributed by atoms with Crippen molar-refractivity contribution in [3.8, 4) is 5.75 Å². The Morgan fingerprint density at radius 2 is 2.31 bits per heavy atom. The molecule has 0 amide bonds. The van der Waals surface area contributed by atoms with E-state index in [0.29, 0.717) is 0 Å². The SMILES string of the molecule is COc1ccc(Cl)c(C)c1C1CNCCO1. The fourth-order valence-corrected chi connectivity index (χ4v) is 2.17. The van der Waals surface area contributed by atoms with E-state index in [0.717, 1.165) is 41.6 Å². The Hall–Kier alpha value is -0.770. The molecule has 0 radical (unpaired) electrons. The van der Waals surface area contributed by atoms with Gasteiger partial charge in [-0.05, 0) is 24.6 Å². The van der Waals surface area contributed by atoms with Crippen LogP contribution in [0.1, 0.15) is 17.2 Å². The summed E-state index contributed by atoms with van der Waals surface area (Å²) in [5, 5.41) is 4.06. The van der Waals surface area contributed by atoms with E-state index in [1.54, 1.807) is 7.11 Å². The Kier molecular flexibility index (Phi) is 3.69. The maximum Gasteiger partial charge on any atom is 0.125 e. The van der Waals surface area contributed by atoms with Crippen molar-refractivity contribution in [2.45, 2.75) is 13.0 Å². The van der Waals surface area contributed by atoms with Crippen molar-refractivity contribution in [2.24, 2.45) is 0 Å². The van der Waals surface area contributed by atoms with Gasteiger partial charge in [-0.25, -0.2) is 0 Å². The molecule has 1 aromatic rings. The first-order valence-electron chi connectivity index (χ1n) is 5.39. The van der Waals surface area contributed by atoms with Crippen molar-refractivity contribution in [2.75, 3.05) is 26.8 Å². The van der Waals surface area contributed by atoms with E-state index in [-0.39, 0.29) is 6.10 Å². The van der Waals surface area contributed by atoms with Gasteiger partial charge in [0.05, 0.1) is 19.8 Å². The van der Waals surface area contributed by atoms with Crippen LogP contribution in [-0.2, 0) is 4.74 Å². The quantitative estimate of drug-likeness (QED) is 0.862. The zero-order valence-electron chi connectivity index (χ0n) is 9.55. The van der Waals surface area contributed by atoms with E-state index in [2.05, 4.69) is 5.32 Å². The van der Waals surface area contributed by atoms with Crippen molar-refractivity contribution >= 4 is 11.6 Å². The zero-order valence-corrected chi connectivity index (χ0v) is 10.3. The Morgan fingerprint density at radius 1 is 1.50 bits per heavy atom. The van der Waals surface area contributed by atoms with E-state index in [4.69, 9.17) is 21.1 Å². The summed E-state index contributed by atoms with van der Waals surface area (Å²) in [6.45, 7) is 4.42. The average Bonchev–Trinajstić information content (AvgIpc) is 2.33. The number of benzene rings is 1. The highest BCUT2D eigenvalue weighted by Crippen LogP contribution is 2.34. The van der Waals surface area contributed by atoms with Crippen molar-refractivity contribution < 1.29 is 9.47 Å². The fourth-order valence-electron chi connectivity index (χ4n) is 2.01. The van der Waals surface area contributed by atoms with Crippen molar-refractivity contribution in [1.29, 1.82) is 0 Å². The number of morpholine rings is 1. The monoisotopic (exact) mass is 241 g/mol. The number of hydrogen-bond acceptors (Lipinski definition) is 3. The van der Waals surface area contributed by atoms with Crippen LogP contribution in [0.4, 0.5) is 0 Å². The molecule has 0 spiro atoms. The molecule has 1 unspecified atom stereocenters. The molecular formula is C12H16ClNO2. The van der Waals surface area contributed by atoms with Gasteiger partial charge in [0.1, 0.15) is 5.75 Å². The smallest absolute Gasteiger partial charge is 0.125 e. The molecule has 1 heterocycles. The molecule has 0 aromatic heterocycles. The fraction of sp³-hybridized carbons (Fsp3) is 0.500. The van der Waals surface area contributed by atoms with Gasteiger partial charge >= 0.3 is 0 Å². The lowest BCUT2D eigenvalue weighted by Crippen LogP contribution is -2.33. The number of nitrogens with one attached hydrogen (secondary N) is 1. The van der Waals surface area contributed by atoms with Gasteiger partial charge in [-0.3, -0.25) is 0 Å². The molecular weight excluding hydrogens is 226 g/mol. The lowest BCUT2D eigenvalue weighted by Gasteiger charge is -2.27. The average molecular weight is 242 g/mol. The summed E-state index contributed by atoms with van der Waals surface area (Å²) in [6.07, 6.45) is 0.0300. The van der Waals surface area contributed by atoms with E-state index in [1.165, 1.54) is 0 Å². The van der Waals surface area contributed by atoms with Crippen LogP contribution in [0.3, 0.4) is 0 Å². The molecule has 1 aliphatic heterocycles. The molecule has 1 aromatic carbocycles. The van der Waals surface area contributed by atoms with Crippen molar-refractivity contribution in [3.63, 3.8) is 0 Å². The lowest BCUT2D eigenvalue weighted by atomic mass is 10.0. The maximum absolute atomic E-state index is 6.13. The lowest BCUT2D eigenvalue weighted by molar-refractivity contribution is 0.0259. The Bertz CT molecular complexity index is 376. The summed E-state index contributed by atoms with van der Waals surface area (Å²) in [5.74, 6) is 0.843. The van der Waals surface area contributed by atoms with Crippen LogP contribution >= 0.6 is 11.6 Å². The second-order valence-electron chi connectivity index (χ2n) is 3.85. The predicted molar refractivity (Wildman–Crippen MR) is 64.3 cm³/mol. The summed E-state index contributed by atoms with van der Waals surface area (Å²) in [4.78, 5) is 0. The predicted octanol–water partition coefficient (Wildman–Crippen LogP) is 2.32. The molecule has 1 N–H and O–H groups in total. The first-order valence-corrected chi connectivity index (χ1v) is 5.77. The van der Waals surface area contributed by atoms with Gasteiger partial charge in [-0.2, -0.15) is 0 Å². The largest absolute Gasteiger partial charge is 0.496 e. The molecule has 4 heteroatoms. The standard InChI is InChI=1S/C12H16ClNO2/c1-8-9(13)3-4-10(15-2)12(8)11-7-14-5-6-16-11/h3-4,11,14H,5-7H2,1-2H3. The number of rotatable bonds is 2. The molecule has 0 bridgehead atoms. The third-order valence-corrected chi connectivity index (χ3v) is 3.29. The van der Waals surface area contributed by atoms with Crippen LogP contribution in [-0.4, -0.2) is 26.8 Å². The molecule has 88 valence electrons. The minimum absolute atomic E-state index is 0.0300. The molecule has 1 saturated heterocycles. The van der Waals surface area contributed by atoms with E-state index in [9.17, 15) is 0 Å². The second-order valence-corrected chi connectivity index (χ2v) is 4.26. The number of methoxy groups -OCH3 is 1. The van der Waals surface area contributed by atoms with Crippen molar-refractivity contribution in [3.05, 3.63) is 28.3 Å². The van der Waals surface area contributed by atoms with Crippen LogP contribution in [0, 0.1) is 6.92 Å². The van der Waals surface area contributed by atoms with E-state index < -0.39 is 0 Å². The van der Waals surface area contributed by atoms with Crippen LogP contribution in [0.5, 0.6) is 5.75 Å².